The van der Waals surface area contributed by atoms with Gasteiger partial charge in [0.05, 0.1) is 18.0 Å². The highest BCUT2D eigenvalue weighted by atomic mass is 79.9. The summed E-state index contributed by atoms with van der Waals surface area (Å²) >= 11 is 3.42. The molecule has 0 aliphatic carbocycles. The van der Waals surface area contributed by atoms with E-state index in [4.69, 9.17) is 0 Å². The normalized spacial score (nSPS) is 11.8. The summed E-state index contributed by atoms with van der Waals surface area (Å²) in [6.45, 7) is 1.99. The van der Waals surface area contributed by atoms with Gasteiger partial charge in [-0.3, -0.25) is 9.97 Å². The summed E-state index contributed by atoms with van der Waals surface area (Å²) in [5, 5.41) is 9.32. The zero-order valence-corrected chi connectivity index (χ0v) is 10.8. The molecule has 0 fully saturated rings. The fourth-order valence-corrected chi connectivity index (χ4v) is 2.06. The van der Waals surface area contributed by atoms with E-state index < -0.39 is 0 Å². The third-order valence-electron chi connectivity index (χ3n) is 2.56. The Kier molecular flexibility index (Phi) is 3.50. The second kappa shape index (κ2) is 5.07. The average molecular weight is 288 g/mol. The van der Waals surface area contributed by atoms with Crippen LogP contribution in [-0.2, 0) is 0 Å². The van der Waals surface area contributed by atoms with Gasteiger partial charge in [-0.1, -0.05) is 22.0 Å². The van der Waals surface area contributed by atoms with Gasteiger partial charge >= 0.3 is 0 Å². The minimum atomic E-state index is -0.374. The van der Waals surface area contributed by atoms with E-state index >= 15 is 0 Å². The van der Waals surface area contributed by atoms with Gasteiger partial charge in [0, 0.05) is 16.9 Å². The third kappa shape index (κ3) is 2.51. The Morgan fingerprint density at radius 2 is 2.18 bits per heavy atom. The van der Waals surface area contributed by atoms with Crippen LogP contribution in [0.4, 0.5) is 0 Å². The number of nitriles is 1. The van der Waals surface area contributed by atoms with Gasteiger partial charge in [0.15, 0.2) is 0 Å². The molecule has 0 radical (unpaired) electrons. The first-order valence-corrected chi connectivity index (χ1v) is 5.93. The Morgan fingerprint density at radius 3 is 2.82 bits per heavy atom. The Bertz CT molecular complexity index is 561. The van der Waals surface area contributed by atoms with Crippen molar-refractivity contribution in [1.29, 1.82) is 5.26 Å². The molecule has 0 saturated heterocycles. The minimum Gasteiger partial charge on any atom is -0.261 e. The molecule has 0 bridgehead atoms. The van der Waals surface area contributed by atoms with E-state index in [9.17, 15) is 5.26 Å². The fraction of sp³-hybridized carbons (Fsp3) is 0.154. The highest BCUT2D eigenvalue weighted by Gasteiger charge is 2.17. The van der Waals surface area contributed by atoms with Crippen molar-refractivity contribution in [3.05, 3.63) is 58.1 Å². The minimum absolute atomic E-state index is 0.374. The van der Waals surface area contributed by atoms with Crippen LogP contribution >= 0.6 is 15.9 Å². The Morgan fingerprint density at radius 1 is 1.35 bits per heavy atom. The van der Waals surface area contributed by atoms with E-state index in [1.807, 2.05) is 25.1 Å². The fourth-order valence-electron chi connectivity index (χ4n) is 1.68. The Balaban J connectivity index is 2.51. The lowest BCUT2D eigenvalue weighted by Gasteiger charge is -2.11. The number of halogens is 1. The SMILES string of the molecule is Cc1ccc(Br)cc1C(C#N)c1cnccn1. The molecule has 1 unspecified atom stereocenters. The van der Waals surface area contributed by atoms with Crippen molar-refractivity contribution in [2.24, 2.45) is 0 Å². The molecule has 0 spiro atoms. The van der Waals surface area contributed by atoms with Crippen molar-refractivity contribution >= 4 is 15.9 Å². The molecule has 3 nitrogen and oxygen atoms in total. The molecule has 2 aromatic rings. The molecule has 1 aromatic heterocycles. The molecule has 0 amide bonds. The van der Waals surface area contributed by atoms with Gasteiger partial charge in [-0.15, -0.1) is 0 Å². The lowest BCUT2D eigenvalue weighted by atomic mass is 9.93. The van der Waals surface area contributed by atoms with Crippen LogP contribution in [0.3, 0.4) is 0 Å². The summed E-state index contributed by atoms with van der Waals surface area (Å²) in [6, 6.07) is 8.18. The summed E-state index contributed by atoms with van der Waals surface area (Å²) in [7, 11) is 0. The van der Waals surface area contributed by atoms with Gasteiger partial charge in [0.1, 0.15) is 5.92 Å². The number of hydrogen-bond acceptors (Lipinski definition) is 3. The van der Waals surface area contributed by atoms with E-state index in [0.29, 0.717) is 5.69 Å². The maximum Gasteiger partial charge on any atom is 0.115 e. The van der Waals surface area contributed by atoms with Crippen molar-refractivity contribution in [2.75, 3.05) is 0 Å². The summed E-state index contributed by atoms with van der Waals surface area (Å²) in [4.78, 5) is 8.20. The second-order valence-electron chi connectivity index (χ2n) is 3.69. The van der Waals surface area contributed by atoms with Gasteiger partial charge < -0.3 is 0 Å². The summed E-state index contributed by atoms with van der Waals surface area (Å²) in [6.07, 6.45) is 4.84. The van der Waals surface area contributed by atoms with Crippen LogP contribution in [0, 0.1) is 18.3 Å². The zero-order valence-electron chi connectivity index (χ0n) is 9.26. The molecule has 1 heterocycles. The highest BCUT2D eigenvalue weighted by Crippen LogP contribution is 2.27. The number of rotatable bonds is 2. The second-order valence-corrected chi connectivity index (χ2v) is 4.61. The van der Waals surface area contributed by atoms with Crippen LogP contribution in [0.25, 0.3) is 0 Å². The monoisotopic (exact) mass is 287 g/mol. The molecule has 1 aromatic carbocycles. The van der Waals surface area contributed by atoms with Crippen LogP contribution < -0.4 is 0 Å². The molecule has 1 atom stereocenters. The van der Waals surface area contributed by atoms with Crippen LogP contribution in [0.1, 0.15) is 22.7 Å². The number of benzene rings is 1. The highest BCUT2D eigenvalue weighted by molar-refractivity contribution is 9.10. The van der Waals surface area contributed by atoms with E-state index in [-0.39, 0.29) is 5.92 Å². The van der Waals surface area contributed by atoms with E-state index in [1.165, 1.54) is 0 Å². The first-order valence-electron chi connectivity index (χ1n) is 5.14. The number of aryl methyl sites for hydroxylation is 1. The number of aromatic nitrogens is 2. The van der Waals surface area contributed by atoms with Crippen LogP contribution in [0.15, 0.2) is 41.3 Å². The predicted molar refractivity (Wildman–Crippen MR) is 68.4 cm³/mol. The van der Waals surface area contributed by atoms with Gasteiger partial charge in [-0.2, -0.15) is 5.26 Å². The van der Waals surface area contributed by atoms with Gasteiger partial charge in [-0.25, -0.2) is 0 Å². The topological polar surface area (TPSA) is 49.6 Å². The molecular formula is C13H10BrN3. The van der Waals surface area contributed by atoms with Crippen LogP contribution in [0.5, 0.6) is 0 Å². The Hall–Kier alpha value is -1.73. The molecular weight excluding hydrogens is 278 g/mol. The molecule has 0 saturated carbocycles. The van der Waals surface area contributed by atoms with Crippen LogP contribution in [-0.4, -0.2) is 9.97 Å². The third-order valence-corrected chi connectivity index (χ3v) is 3.05. The van der Waals surface area contributed by atoms with Crippen molar-refractivity contribution in [1.82, 2.24) is 9.97 Å². The zero-order chi connectivity index (χ0) is 12.3. The summed E-state index contributed by atoms with van der Waals surface area (Å²) in [5.74, 6) is -0.374. The van der Waals surface area contributed by atoms with Crippen molar-refractivity contribution in [3.63, 3.8) is 0 Å². The van der Waals surface area contributed by atoms with Gasteiger partial charge in [-0.05, 0) is 30.2 Å². The van der Waals surface area contributed by atoms with E-state index in [1.54, 1.807) is 18.6 Å². The van der Waals surface area contributed by atoms with Crippen molar-refractivity contribution in [2.45, 2.75) is 12.8 Å². The first-order chi connectivity index (χ1) is 8.22. The summed E-state index contributed by atoms with van der Waals surface area (Å²) in [5.41, 5.74) is 2.71. The van der Waals surface area contributed by atoms with Crippen molar-refractivity contribution in [3.8, 4) is 6.07 Å². The van der Waals surface area contributed by atoms with Gasteiger partial charge in [0.25, 0.3) is 0 Å². The Labute approximate surface area is 108 Å². The van der Waals surface area contributed by atoms with Crippen LogP contribution in [0.2, 0.25) is 0 Å². The molecule has 4 heteroatoms. The first kappa shape index (κ1) is 11.7. The molecule has 0 aliphatic rings. The summed E-state index contributed by atoms with van der Waals surface area (Å²) < 4.78 is 0.960. The van der Waals surface area contributed by atoms with E-state index in [2.05, 4.69) is 32.0 Å². The van der Waals surface area contributed by atoms with E-state index in [0.717, 1.165) is 15.6 Å². The standard InChI is InChI=1S/C13H10BrN3/c1-9-2-3-10(14)6-11(9)12(7-15)13-8-16-4-5-17-13/h2-6,8,12H,1H3. The largest absolute Gasteiger partial charge is 0.261 e. The lowest BCUT2D eigenvalue weighted by Crippen LogP contribution is -2.03. The molecule has 0 aliphatic heterocycles. The predicted octanol–water partition coefficient (Wildman–Crippen LogP) is 3.20. The molecule has 2 rings (SSSR count). The number of nitrogens with zero attached hydrogens (tertiary/aromatic N) is 3. The molecule has 84 valence electrons. The molecule has 17 heavy (non-hydrogen) atoms. The van der Waals surface area contributed by atoms with Gasteiger partial charge in [0.2, 0.25) is 0 Å². The maximum absolute atomic E-state index is 9.32. The maximum atomic E-state index is 9.32. The smallest absolute Gasteiger partial charge is 0.115 e. The molecule has 0 N–H and O–H groups in total. The quantitative estimate of drug-likeness (QED) is 0.852. The average Bonchev–Trinajstić information content (AvgIpc) is 2.36. The van der Waals surface area contributed by atoms with Crippen molar-refractivity contribution < 1.29 is 0 Å². The number of hydrogen-bond donors (Lipinski definition) is 0. The lowest BCUT2D eigenvalue weighted by molar-refractivity contribution is 0.932.